The smallest absolute Gasteiger partial charge is 0.131 e. The second kappa shape index (κ2) is 7.77. The fourth-order valence-corrected chi connectivity index (χ4v) is 2.78. The zero-order chi connectivity index (χ0) is 15.1. The summed E-state index contributed by atoms with van der Waals surface area (Å²) in [6, 6.07) is 13.2. The summed E-state index contributed by atoms with van der Waals surface area (Å²) in [5.74, 6) is 1.50. The van der Waals surface area contributed by atoms with Gasteiger partial charge in [-0.05, 0) is 25.0 Å². The Kier molecular flexibility index (Phi) is 5.73. The number of hydrogen-bond donors (Lipinski definition) is 0. The minimum Gasteiger partial charge on any atom is -0.356 e. The summed E-state index contributed by atoms with van der Waals surface area (Å²) in [4.78, 5) is 10.6. The van der Waals surface area contributed by atoms with Gasteiger partial charge in [0.2, 0.25) is 0 Å². The number of rotatable bonds is 7. The summed E-state index contributed by atoms with van der Waals surface area (Å²) in [5.41, 5.74) is 1.42. The Balaban J connectivity index is 2.19. The number of benzene rings is 1. The first kappa shape index (κ1) is 15.5. The van der Waals surface area contributed by atoms with Crippen LogP contribution in [-0.2, 0) is 0 Å². The van der Waals surface area contributed by atoms with Gasteiger partial charge in [0.1, 0.15) is 12.1 Å². The number of likely N-dealkylation sites (N-methyl/N-ethyl adjacent to an activating group) is 1. The molecule has 0 radical (unpaired) electrons. The molecule has 2 atom stereocenters. The van der Waals surface area contributed by atoms with Gasteiger partial charge in [-0.2, -0.15) is 0 Å². The van der Waals surface area contributed by atoms with Crippen molar-refractivity contribution in [3.63, 3.8) is 0 Å². The number of unbranched alkanes of at least 4 members (excludes halogenated alkanes) is 1. The monoisotopic (exact) mass is 283 g/mol. The van der Waals surface area contributed by atoms with Crippen molar-refractivity contribution in [2.75, 3.05) is 11.9 Å². The highest BCUT2D eigenvalue weighted by atomic mass is 15.2. The van der Waals surface area contributed by atoms with Crippen molar-refractivity contribution in [1.82, 2.24) is 9.97 Å². The number of anilines is 1. The minimum absolute atomic E-state index is 0.397. The molecule has 0 aliphatic heterocycles. The number of aromatic nitrogens is 2. The predicted octanol–water partition coefficient (Wildman–Crippen LogP) is 4.28. The molecule has 1 heterocycles. The van der Waals surface area contributed by atoms with Gasteiger partial charge < -0.3 is 4.90 Å². The van der Waals surface area contributed by atoms with Crippen LogP contribution in [-0.4, -0.2) is 23.1 Å². The second-order valence-corrected chi connectivity index (χ2v) is 5.58. The number of nitrogens with zero attached hydrogens (tertiary/aromatic N) is 3. The van der Waals surface area contributed by atoms with Crippen molar-refractivity contribution in [1.29, 1.82) is 0 Å². The molecule has 3 heteroatoms. The fraction of sp³-hybridized carbons (Fsp3) is 0.444. The van der Waals surface area contributed by atoms with Crippen molar-refractivity contribution in [3.05, 3.63) is 54.5 Å². The first-order valence-corrected chi connectivity index (χ1v) is 7.77. The van der Waals surface area contributed by atoms with Crippen molar-refractivity contribution < 1.29 is 0 Å². The first-order chi connectivity index (χ1) is 10.2. The van der Waals surface area contributed by atoms with E-state index in [9.17, 15) is 0 Å². The molecule has 0 amide bonds. The van der Waals surface area contributed by atoms with Crippen LogP contribution >= 0.6 is 0 Å². The van der Waals surface area contributed by atoms with Gasteiger partial charge in [-0.25, -0.2) is 9.97 Å². The van der Waals surface area contributed by atoms with Crippen LogP contribution in [0.25, 0.3) is 0 Å². The molecular formula is C18H25N3. The molecule has 3 nitrogen and oxygen atoms in total. The molecule has 0 fully saturated rings. The van der Waals surface area contributed by atoms with Crippen LogP contribution < -0.4 is 4.90 Å². The first-order valence-electron chi connectivity index (χ1n) is 7.77. The molecule has 112 valence electrons. The van der Waals surface area contributed by atoms with E-state index >= 15 is 0 Å². The summed E-state index contributed by atoms with van der Waals surface area (Å²) in [5, 5.41) is 0. The standard InChI is InChI=1S/C18H25N3/c1-4-5-11-17(16-9-7-6-8-10-16)15(2)21(3)18-12-13-19-14-20-18/h6-10,12-15,17H,4-5,11H2,1-3H3. The van der Waals surface area contributed by atoms with Crippen LogP contribution in [0.5, 0.6) is 0 Å². The quantitative estimate of drug-likeness (QED) is 0.759. The minimum atomic E-state index is 0.397. The van der Waals surface area contributed by atoms with E-state index in [0.29, 0.717) is 12.0 Å². The van der Waals surface area contributed by atoms with Crippen LogP contribution in [0, 0.1) is 0 Å². The van der Waals surface area contributed by atoms with Crippen molar-refractivity contribution in [2.24, 2.45) is 0 Å². The third-order valence-corrected chi connectivity index (χ3v) is 4.22. The Morgan fingerprint density at radius 3 is 2.52 bits per heavy atom. The molecule has 21 heavy (non-hydrogen) atoms. The Hall–Kier alpha value is -1.90. The van der Waals surface area contributed by atoms with E-state index in [2.05, 4.69) is 66.1 Å². The van der Waals surface area contributed by atoms with Gasteiger partial charge in [0.25, 0.3) is 0 Å². The molecule has 0 N–H and O–H groups in total. The molecule has 2 aromatic rings. The van der Waals surface area contributed by atoms with Gasteiger partial charge >= 0.3 is 0 Å². The van der Waals surface area contributed by atoms with Gasteiger partial charge in [0.15, 0.2) is 0 Å². The van der Waals surface area contributed by atoms with Gasteiger partial charge in [-0.3, -0.25) is 0 Å². The van der Waals surface area contributed by atoms with Gasteiger partial charge in [0, 0.05) is 25.2 Å². The maximum absolute atomic E-state index is 4.37. The third-order valence-electron chi connectivity index (χ3n) is 4.22. The summed E-state index contributed by atoms with van der Waals surface area (Å²) < 4.78 is 0. The Labute approximate surface area is 128 Å². The third kappa shape index (κ3) is 4.03. The highest BCUT2D eigenvalue weighted by molar-refractivity contribution is 5.38. The SMILES string of the molecule is CCCCC(c1ccccc1)C(C)N(C)c1ccncn1. The van der Waals surface area contributed by atoms with Gasteiger partial charge in [-0.1, -0.05) is 50.1 Å². The highest BCUT2D eigenvalue weighted by Crippen LogP contribution is 2.29. The molecule has 1 aromatic heterocycles. The molecule has 2 unspecified atom stereocenters. The Morgan fingerprint density at radius 1 is 1.14 bits per heavy atom. The molecule has 0 aliphatic carbocycles. The van der Waals surface area contributed by atoms with E-state index in [-0.39, 0.29) is 0 Å². The largest absolute Gasteiger partial charge is 0.356 e. The normalized spacial score (nSPS) is 13.7. The molecule has 0 saturated heterocycles. The Bertz CT molecular complexity index is 513. The van der Waals surface area contributed by atoms with E-state index in [0.717, 1.165) is 5.82 Å². The lowest BCUT2D eigenvalue weighted by molar-refractivity contribution is 0.489. The van der Waals surface area contributed by atoms with Crippen molar-refractivity contribution in [2.45, 2.75) is 45.1 Å². The average molecular weight is 283 g/mol. The zero-order valence-electron chi connectivity index (χ0n) is 13.2. The molecule has 0 saturated carbocycles. The van der Waals surface area contributed by atoms with E-state index in [1.54, 1.807) is 12.5 Å². The molecule has 0 spiro atoms. The zero-order valence-corrected chi connectivity index (χ0v) is 13.2. The van der Waals surface area contributed by atoms with Crippen LogP contribution in [0.15, 0.2) is 48.9 Å². The van der Waals surface area contributed by atoms with Crippen LogP contribution in [0.3, 0.4) is 0 Å². The van der Waals surface area contributed by atoms with E-state index in [1.165, 1.54) is 24.8 Å². The second-order valence-electron chi connectivity index (χ2n) is 5.58. The van der Waals surface area contributed by atoms with Gasteiger partial charge in [0.05, 0.1) is 0 Å². The van der Waals surface area contributed by atoms with Crippen molar-refractivity contribution >= 4 is 5.82 Å². The van der Waals surface area contributed by atoms with E-state index in [4.69, 9.17) is 0 Å². The summed E-state index contributed by atoms with van der Waals surface area (Å²) in [6.07, 6.45) is 7.10. The van der Waals surface area contributed by atoms with Gasteiger partial charge in [-0.15, -0.1) is 0 Å². The topological polar surface area (TPSA) is 29.0 Å². The lowest BCUT2D eigenvalue weighted by atomic mass is 9.87. The maximum Gasteiger partial charge on any atom is 0.131 e. The van der Waals surface area contributed by atoms with Crippen LogP contribution in [0.1, 0.15) is 44.6 Å². The maximum atomic E-state index is 4.37. The molecular weight excluding hydrogens is 258 g/mol. The lowest BCUT2D eigenvalue weighted by Crippen LogP contribution is -2.35. The molecule has 0 aliphatic rings. The summed E-state index contributed by atoms with van der Waals surface area (Å²) in [6.45, 7) is 4.54. The summed E-state index contributed by atoms with van der Waals surface area (Å²) >= 11 is 0. The molecule has 2 rings (SSSR count). The fourth-order valence-electron chi connectivity index (χ4n) is 2.78. The molecule has 0 bridgehead atoms. The van der Waals surface area contributed by atoms with E-state index in [1.807, 2.05) is 6.07 Å². The molecule has 1 aromatic carbocycles. The predicted molar refractivity (Wildman–Crippen MR) is 88.6 cm³/mol. The van der Waals surface area contributed by atoms with Crippen LogP contribution in [0.2, 0.25) is 0 Å². The Morgan fingerprint density at radius 2 is 1.90 bits per heavy atom. The van der Waals surface area contributed by atoms with E-state index < -0.39 is 0 Å². The number of hydrogen-bond acceptors (Lipinski definition) is 3. The lowest BCUT2D eigenvalue weighted by Gasteiger charge is -2.33. The average Bonchev–Trinajstić information content (AvgIpc) is 2.56. The van der Waals surface area contributed by atoms with Crippen molar-refractivity contribution in [3.8, 4) is 0 Å². The summed E-state index contributed by atoms with van der Waals surface area (Å²) in [7, 11) is 2.12. The van der Waals surface area contributed by atoms with Crippen LogP contribution in [0.4, 0.5) is 5.82 Å². The highest BCUT2D eigenvalue weighted by Gasteiger charge is 2.23.